The van der Waals surface area contributed by atoms with Gasteiger partial charge in [-0.15, -0.1) is 0 Å². The molecule has 1 aliphatic heterocycles. The van der Waals surface area contributed by atoms with Crippen molar-refractivity contribution in [3.05, 3.63) is 23.8 Å². The van der Waals surface area contributed by atoms with Gasteiger partial charge in [0.05, 0.1) is 0 Å². The van der Waals surface area contributed by atoms with Gasteiger partial charge in [0.1, 0.15) is 5.60 Å². The van der Waals surface area contributed by atoms with E-state index < -0.39 is 0 Å². The number of allylic oxidation sites excluding steroid dienone is 3. The first-order valence-corrected chi connectivity index (χ1v) is 11.0. The topological polar surface area (TPSA) is 43.4 Å². The van der Waals surface area contributed by atoms with Crippen LogP contribution in [-0.4, -0.2) is 17.4 Å². The minimum Gasteiger partial charge on any atom is -0.458 e. The molecule has 1 heterocycles. The zero-order chi connectivity index (χ0) is 18.7. The van der Waals surface area contributed by atoms with E-state index in [9.17, 15) is 9.59 Å². The summed E-state index contributed by atoms with van der Waals surface area (Å²) < 4.78 is 6.03. The standard InChI is InChI=1S/C24H30O3/c1-21-7-3-15(25)13-19(21)23(11-12-23)14-16-17(21)4-8-22(2)18(16)5-9-24(22)10-6-20(26)27-24/h4,8,13,16-18H,3,5-7,9-12,14H2,1-2H3. The smallest absolute Gasteiger partial charge is 0.306 e. The maximum Gasteiger partial charge on any atom is 0.306 e. The predicted molar refractivity (Wildman–Crippen MR) is 102 cm³/mol. The third kappa shape index (κ3) is 1.85. The highest BCUT2D eigenvalue weighted by Gasteiger charge is 2.69. The molecule has 0 bridgehead atoms. The molecule has 0 aromatic heterocycles. The highest BCUT2D eigenvalue weighted by atomic mass is 16.6. The molecule has 0 amide bonds. The molecule has 2 spiro atoms. The summed E-state index contributed by atoms with van der Waals surface area (Å²) in [7, 11) is 0. The molecule has 5 aliphatic carbocycles. The van der Waals surface area contributed by atoms with Gasteiger partial charge in [0.2, 0.25) is 0 Å². The number of rotatable bonds is 0. The van der Waals surface area contributed by atoms with E-state index >= 15 is 0 Å². The van der Waals surface area contributed by atoms with Crippen LogP contribution in [0.2, 0.25) is 0 Å². The SMILES string of the molecule is CC12CCC(=O)C=C1C1(CC1)CC1C2C=CC2(C)C1CCC21CCC(=O)O1. The lowest BCUT2D eigenvalue weighted by atomic mass is 9.46. The predicted octanol–water partition coefficient (Wildman–Crippen LogP) is 4.76. The Morgan fingerprint density at radius 1 is 1.04 bits per heavy atom. The van der Waals surface area contributed by atoms with E-state index in [-0.39, 0.29) is 22.4 Å². The Morgan fingerprint density at radius 2 is 1.85 bits per heavy atom. The van der Waals surface area contributed by atoms with Gasteiger partial charge in [-0.05, 0) is 79.6 Å². The molecule has 6 rings (SSSR count). The van der Waals surface area contributed by atoms with Crippen LogP contribution in [0, 0.1) is 34.0 Å². The molecule has 6 unspecified atom stereocenters. The van der Waals surface area contributed by atoms with Crippen LogP contribution in [-0.2, 0) is 14.3 Å². The summed E-state index contributed by atoms with van der Waals surface area (Å²) >= 11 is 0. The second-order valence-electron chi connectivity index (χ2n) is 10.9. The minimum atomic E-state index is -0.257. The van der Waals surface area contributed by atoms with E-state index in [0.717, 1.165) is 19.3 Å². The maximum atomic E-state index is 12.2. The number of hydrogen-bond donors (Lipinski definition) is 0. The largest absolute Gasteiger partial charge is 0.458 e. The van der Waals surface area contributed by atoms with Crippen LogP contribution in [0.25, 0.3) is 0 Å². The van der Waals surface area contributed by atoms with Crippen LogP contribution < -0.4 is 0 Å². The Hall–Kier alpha value is -1.38. The van der Waals surface area contributed by atoms with E-state index in [2.05, 4.69) is 26.0 Å². The number of carbonyl (C=O) groups is 2. The monoisotopic (exact) mass is 366 g/mol. The quantitative estimate of drug-likeness (QED) is 0.458. The van der Waals surface area contributed by atoms with Crippen LogP contribution in [0.5, 0.6) is 0 Å². The number of fused-ring (bicyclic) bond motifs is 7. The molecule has 144 valence electrons. The normalized spacial score (nSPS) is 51.6. The maximum absolute atomic E-state index is 12.2. The number of carbonyl (C=O) groups excluding carboxylic acids is 2. The molecule has 6 atom stereocenters. The number of ketones is 1. The minimum absolute atomic E-state index is 0.00215. The second kappa shape index (κ2) is 4.78. The molecule has 0 aromatic carbocycles. The zero-order valence-electron chi connectivity index (χ0n) is 16.6. The Balaban J connectivity index is 1.46. The molecule has 3 saturated carbocycles. The van der Waals surface area contributed by atoms with Gasteiger partial charge in [0, 0.05) is 18.3 Å². The van der Waals surface area contributed by atoms with E-state index in [0.29, 0.717) is 41.8 Å². The van der Waals surface area contributed by atoms with Crippen LogP contribution in [0.15, 0.2) is 23.8 Å². The molecule has 3 heteroatoms. The lowest BCUT2D eigenvalue weighted by molar-refractivity contribution is -0.157. The lowest BCUT2D eigenvalue weighted by Gasteiger charge is -2.58. The highest BCUT2D eigenvalue weighted by Crippen LogP contribution is 2.74. The Morgan fingerprint density at radius 3 is 2.56 bits per heavy atom. The summed E-state index contributed by atoms with van der Waals surface area (Å²) in [6.45, 7) is 4.81. The molecule has 1 saturated heterocycles. The van der Waals surface area contributed by atoms with E-state index in [4.69, 9.17) is 4.74 Å². The summed E-state index contributed by atoms with van der Waals surface area (Å²) in [5.74, 6) is 2.14. The fourth-order valence-corrected chi connectivity index (χ4v) is 8.27. The van der Waals surface area contributed by atoms with Crippen LogP contribution in [0.1, 0.15) is 71.6 Å². The fourth-order valence-electron chi connectivity index (χ4n) is 8.27. The summed E-state index contributed by atoms with van der Waals surface area (Å²) in [6.07, 6.45) is 16.1. The van der Waals surface area contributed by atoms with Crippen LogP contribution >= 0.6 is 0 Å². The summed E-state index contributed by atoms with van der Waals surface area (Å²) in [5, 5.41) is 0. The van der Waals surface area contributed by atoms with E-state index in [1.807, 2.05) is 6.08 Å². The van der Waals surface area contributed by atoms with Crippen molar-refractivity contribution in [2.75, 3.05) is 0 Å². The van der Waals surface area contributed by atoms with Gasteiger partial charge in [0.15, 0.2) is 5.78 Å². The van der Waals surface area contributed by atoms with Crippen LogP contribution in [0.3, 0.4) is 0 Å². The van der Waals surface area contributed by atoms with Gasteiger partial charge in [-0.3, -0.25) is 9.59 Å². The summed E-state index contributed by atoms with van der Waals surface area (Å²) in [4.78, 5) is 24.2. The van der Waals surface area contributed by atoms with Crippen molar-refractivity contribution < 1.29 is 14.3 Å². The third-order valence-electron chi connectivity index (χ3n) is 9.88. The van der Waals surface area contributed by atoms with Crippen molar-refractivity contribution in [1.29, 1.82) is 0 Å². The van der Waals surface area contributed by atoms with Crippen molar-refractivity contribution in [3.8, 4) is 0 Å². The third-order valence-corrected chi connectivity index (χ3v) is 9.88. The van der Waals surface area contributed by atoms with Crippen LogP contribution in [0.4, 0.5) is 0 Å². The number of esters is 1. The molecular weight excluding hydrogens is 336 g/mol. The Bertz CT molecular complexity index is 817. The first-order valence-electron chi connectivity index (χ1n) is 11.0. The van der Waals surface area contributed by atoms with E-state index in [1.165, 1.54) is 31.3 Å². The highest BCUT2D eigenvalue weighted by molar-refractivity contribution is 5.92. The molecule has 0 aromatic rings. The first-order chi connectivity index (χ1) is 12.8. The van der Waals surface area contributed by atoms with Gasteiger partial charge < -0.3 is 4.74 Å². The first kappa shape index (κ1) is 16.6. The van der Waals surface area contributed by atoms with Crippen molar-refractivity contribution in [1.82, 2.24) is 0 Å². The van der Waals surface area contributed by atoms with E-state index in [1.54, 1.807) is 0 Å². The molecule has 0 N–H and O–H groups in total. The molecule has 4 fully saturated rings. The molecule has 27 heavy (non-hydrogen) atoms. The van der Waals surface area contributed by atoms with Gasteiger partial charge in [0.25, 0.3) is 0 Å². The van der Waals surface area contributed by atoms with Gasteiger partial charge >= 0.3 is 5.97 Å². The molecule has 0 radical (unpaired) electrons. The zero-order valence-corrected chi connectivity index (χ0v) is 16.6. The van der Waals surface area contributed by atoms with Gasteiger partial charge in [-0.25, -0.2) is 0 Å². The summed E-state index contributed by atoms with van der Waals surface area (Å²) in [5.41, 5.74) is 1.67. The fraction of sp³-hybridized carbons (Fsp3) is 0.750. The number of ether oxygens (including phenoxy) is 1. The second-order valence-corrected chi connectivity index (χ2v) is 10.9. The average Bonchev–Trinajstić information content (AvgIpc) is 3.19. The van der Waals surface area contributed by atoms with Gasteiger partial charge in [-0.1, -0.05) is 31.6 Å². The van der Waals surface area contributed by atoms with Crippen molar-refractivity contribution in [2.45, 2.75) is 77.2 Å². The lowest BCUT2D eigenvalue weighted by Crippen LogP contribution is -2.54. The number of hydrogen-bond acceptors (Lipinski definition) is 3. The Labute approximate surface area is 161 Å². The summed E-state index contributed by atoms with van der Waals surface area (Å²) in [6, 6.07) is 0. The van der Waals surface area contributed by atoms with Crippen molar-refractivity contribution in [3.63, 3.8) is 0 Å². The molecule has 3 nitrogen and oxygen atoms in total. The molecular formula is C24H30O3. The van der Waals surface area contributed by atoms with Crippen molar-refractivity contribution in [2.24, 2.45) is 34.0 Å². The van der Waals surface area contributed by atoms with Gasteiger partial charge in [-0.2, -0.15) is 0 Å². The molecule has 6 aliphatic rings. The average molecular weight is 367 g/mol. The van der Waals surface area contributed by atoms with Crippen molar-refractivity contribution >= 4 is 11.8 Å². The Kier molecular flexibility index (Phi) is 2.93.